The van der Waals surface area contributed by atoms with Gasteiger partial charge < -0.3 is 4.74 Å². The second-order valence-electron chi connectivity index (χ2n) is 5.64. The van der Waals surface area contributed by atoms with Crippen molar-refractivity contribution in [1.29, 1.82) is 0 Å². The second-order valence-corrected chi connectivity index (χ2v) is 5.64. The number of aromatic nitrogens is 5. The van der Waals surface area contributed by atoms with Crippen molar-refractivity contribution in [3.05, 3.63) is 29.6 Å². The third kappa shape index (κ3) is 3.48. The fourth-order valence-corrected chi connectivity index (χ4v) is 2.77. The summed E-state index contributed by atoms with van der Waals surface area (Å²) in [4.78, 5) is 6.74. The van der Waals surface area contributed by atoms with E-state index in [9.17, 15) is 0 Å². The van der Waals surface area contributed by atoms with Gasteiger partial charge in [-0.2, -0.15) is 10.2 Å². The van der Waals surface area contributed by atoms with Crippen LogP contribution < -0.4 is 0 Å². The standard InChI is InChI=1S/C14H22N6O/c1-11-16-12(2)20(17-11)10-14-9-19(4-5-21-14)8-13-6-15-18(3)7-13/h6-7,14H,4-5,8-10H2,1-3H3/t14-/m0/s1. The third-order valence-corrected chi connectivity index (χ3v) is 3.73. The lowest BCUT2D eigenvalue weighted by molar-refractivity contribution is -0.0405. The van der Waals surface area contributed by atoms with E-state index in [1.165, 1.54) is 5.56 Å². The van der Waals surface area contributed by atoms with Crippen LogP contribution in [0.5, 0.6) is 0 Å². The summed E-state index contributed by atoms with van der Waals surface area (Å²) in [6.07, 6.45) is 4.15. The van der Waals surface area contributed by atoms with Crippen LogP contribution in [0.1, 0.15) is 17.2 Å². The van der Waals surface area contributed by atoms with Crippen LogP contribution in [0, 0.1) is 13.8 Å². The van der Waals surface area contributed by atoms with E-state index in [1.807, 2.05) is 36.5 Å². The average Bonchev–Trinajstić information content (AvgIpc) is 2.96. The van der Waals surface area contributed by atoms with Crippen molar-refractivity contribution < 1.29 is 4.74 Å². The van der Waals surface area contributed by atoms with Crippen molar-refractivity contribution >= 4 is 0 Å². The molecule has 114 valence electrons. The molecule has 1 aliphatic rings. The molecule has 1 atom stereocenters. The molecule has 0 N–H and O–H groups in total. The van der Waals surface area contributed by atoms with Gasteiger partial charge in [0.05, 0.1) is 25.5 Å². The molecule has 21 heavy (non-hydrogen) atoms. The van der Waals surface area contributed by atoms with E-state index in [1.54, 1.807) is 0 Å². The summed E-state index contributed by atoms with van der Waals surface area (Å²) in [5.74, 6) is 1.76. The van der Waals surface area contributed by atoms with Crippen LogP contribution in [-0.4, -0.2) is 55.2 Å². The molecule has 0 aromatic carbocycles. The van der Waals surface area contributed by atoms with Gasteiger partial charge in [-0.05, 0) is 13.8 Å². The zero-order chi connectivity index (χ0) is 14.8. The first-order chi connectivity index (χ1) is 10.1. The minimum Gasteiger partial charge on any atom is -0.374 e. The van der Waals surface area contributed by atoms with Crippen LogP contribution in [0.2, 0.25) is 0 Å². The minimum atomic E-state index is 0.162. The highest BCUT2D eigenvalue weighted by molar-refractivity contribution is 5.03. The maximum absolute atomic E-state index is 5.87. The van der Waals surface area contributed by atoms with E-state index in [0.717, 1.165) is 44.4 Å². The Morgan fingerprint density at radius 2 is 2.24 bits per heavy atom. The van der Waals surface area contributed by atoms with E-state index in [0.29, 0.717) is 0 Å². The van der Waals surface area contributed by atoms with E-state index in [4.69, 9.17) is 4.74 Å². The lowest BCUT2D eigenvalue weighted by Gasteiger charge is -2.32. The van der Waals surface area contributed by atoms with Gasteiger partial charge in [0.15, 0.2) is 0 Å². The number of hydrogen-bond acceptors (Lipinski definition) is 5. The molecule has 3 rings (SSSR count). The molecule has 1 aliphatic heterocycles. The SMILES string of the molecule is Cc1nc(C)n(C[C@@H]2CN(Cc3cnn(C)c3)CCO2)n1. The largest absolute Gasteiger partial charge is 0.374 e. The molecular formula is C14H22N6O. The van der Waals surface area contributed by atoms with Crippen molar-refractivity contribution in [2.24, 2.45) is 7.05 Å². The molecule has 7 heteroatoms. The highest BCUT2D eigenvalue weighted by atomic mass is 16.5. The van der Waals surface area contributed by atoms with Gasteiger partial charge in [0.25, 0.3) is 0 Å². The van der Waals surface area contributed by atoms with Gasteiger partial charge in [0, 0.05) is 38.4 Å². The lowest BCUT2D eigenvalue weighted by atomic mass is 10.2. The predicted molar refractivity (Wildman–Crippen MR) is 77.7 cm³/mol. The van der Waals surface area contributed by atoms with E-state index in [-0.39, 0.29) is 6.10 Å². The Morgan fingerprint density at radius 1 is 1.38 bits per heavy atom. The van der Waals surface area contributed by atoms with Crippen LogP contribution in [0.3, 0.4) is 0 Å². The predicted octanol–water partition coefficient (Wildman–Crippen LogP) is 0.529. The highest BCUT2D eigenvalue weighted by Gasteiger charge is 2.22. The van der Waals surface area contributed by atoms with Crippen molar-refractivity contribution in [2.45, 2.75) is 33.0 Å². The first-order valence-electron chi connectivity index (χ1n) is 7.29. The fourth-order valence-electron chi connectivity index (χ4n) is 2.77. The molecule has 0 aliphatic carbocycles. The Kier molecular flexibility index (Phi) is 4.03. The van der Waals surface area contributed by atoms with Crippen LogP contribution >= 0.6 is 0 Å². The summed E-state index contributed by atoms with van der Waals surface area (Å²) in [5, 5.41) is 8.63. The fraction of sp³-hybridized carbons (Fsp3) is 0.643. The van der Waals surface area contributed by atoms with E-state index >= 15 is 0 Å². The van der Waals surface area contributed by atoms with Crippen LogP contribution in [0.15, 0.2) is 12.4 Å². The molecule has 0 unspecified atom stereocenters. The molecule has 1 fully saturated rings. The number of morpholine rings is 1. The van der Waals surface area contributed by atoms with Crippen LogP contribution in [-0.2, 0) is 24.9 Å². The van der Waals surface area contributed by atoms with E-state index in [2.05, 4.69) is 26.3 Å². The summed E-state index contributed by atoms with van der Waals surface area (Å²) in [7, 11) is 1.95. The van der Waals surface area contributed by atoms with Gasteiger partial charge in [-0.25, -0.2) is 9.67 Å². The number of hydrogen-bond donors (Lipinski definition) is 0. The Morgan fingerprint density at radius 3 is 2.90 bits per heavy atom. The van der Waals surface area contributed by atoms with Gasteiger partial charge in [0.1, 0.15) is 11.6 Å². The zero-order valence-electron chi connectivity index (χ0n) is 12.9. The smallest absolute Gasteiger partial charge is 0.147 e. The van der Waals surface area contributed by atoms with Crippen LogP contribution in [0.25, 0.3) is 0 Å². The number of nitrogens with zero attached hydrogens (tertiary/aromatic N) is 6. The first-order valence-corrected chi connectivity index (χ1v) is 7.29. The summed E-state index contributed by atoms with van der Waals surface area (Å²) in [6, 6.07) is 0. The highest BCUT2D eigenvalue weighted by Crippen LogP contribution is 2.12. The Bertz CT molecular complexity index is 604. The molecular weight excluding hydrogens is 268 g/mol. The lowest BCUT2D eigenvalue weighted by Crippen LogP contribution is -2.43. The van der Waals surface area contributed by atoms with Crippen molar-refractivity contribution in [2.75, 3.05) is 19.7 Å². The zero-order valence-corrected chi connectivity index (χ0v) is 12.9. The Balaban J connectivity index is 1.59. The van der Waals surface area contributed by atoms with Crippen molar-refractivity contribution in [1.82, 2.24) is 29.4 Å². The summed E-state index contributed by atoms with van der Waals surface area (Å²) in [6.45, 7) is 8.21. The normalized spacial score (nSPS) is 20.0. The number of aryl methyl sites for hydroxylation is 3. The molecule has 0 spiro atoms. The summed E-state index contributed by atoms with van der Waals surface area (Å²) < 4.78 is 9.65. The molecule has 1 saturated heterocycles. The monoisotopic (exact) mass is 290 g/mol. The molecule has 0 saturated carbocycles. The minimum absolute atomic E-state index is 0.162. The quantitative estimate of drug-likeness (QED) is 0.822. The number of rotatable bonds is 4. The second kappa shape index (κ2) is 5.95. The van der Waals surface area contributed by atoms with Crippen molar-refractivity contribution in [3.63, 3.8) is 0 Å². The summed E-state index contributed by atoms with van der Waals surface area (Å²) in [5.41, 5.74) is 1.24. The van der Waals surface area contributed by atoms with Gasteiger partial charge in [-0.15, -0.1) is 0 Å². The topological polar surface area (TPSA) is 61.0 Å². The molecule has 2 aromatic rings. The van der Waals surface area contributed by atoms with Gasteiger partial charge in [-0.3, -0.25) is 9.58 Å². The molecule has 2 aromatic heterocycles. The maximum atomic E-state index is 5.87. The third-order valence-electron chi connectivity index (χ3n) is 3.73. The molecule has 0 amide bonds. The van der Waals surface area contributed by atoms with E-state index < -0.39 is 0 Å². The molecule has 7 nitrogen and oxygen atoms in total. The number of ether oxygens (including phenoxy) is 1. The maximum Gasteiger partial charge on any atom is 0.147 e. The van der Waals surface area contributed by atoms with Crippen molar-refractivity contribution in [3.8, 4) is 0 Å². The Hall–Kier alpha value is -1.73. The molecule has 0 bridgehead atoms. The van der Waals surface area contributed by atoms with Gasteiger partial charge in [0.2, 0.25) is 0 Å². The summed E-state index contributed by atoms with van der Waals surface area (Å²) >= 11 is 0. The molecule has 0 radical (unpaired) electrons. The first kappa shape index (κ1) is 14.2. The average molecular weight is 290 g/mol. The molecule has 3 heterocycles. The van der Waals surface area contributed by atoms with Gasteiger partial charge >= 0.3 is 0 Å². The van der Waals surface area contributed by atoms with Crippen LogP contribution in [0.4, 0.5) is 0 Å². The Labute approximate surface area is 124 Å². The van der Waals surface area contributed by atoms with Gasteiger partial charge in [-0.1, -0.05) is 0 Å².